The SMILES string of the molecule is O=S(c1ccc(Nc2ncc(/C=C/Cc3ccc(-c4cn[nH]c4)cc3)cn2)cc1)N1CCNCC1. The predicted octanol–water partition coefficient (Wildman–Crippen LogP) is 3.79. The van der Waals surface area contributed by atoms with Crippen LogP contribution in [0.25, 0.3) is 17.2 Å². The van der Waals surface area contributed by atoms with Gasteiger partial charge in [-0.1, -0.05) is 36.4 Å². The lowest BCUT2D eigenvalue weighted by Crippen LogP contribution is -2.44. The summed E-state index contributed by atoms with van der Waals surface area (Å²) in [5, 5.41) is 13.3. The summed E-state index contributed by atoms with van der Waals surface area (Å²) in [5.74, 6) is 0.521. The van der Waals surface area contributed by atoms with Gasteiger partial charge in [0.1, 0.15) is 11.0 Å². The molecule has 178 valence electrons. The molecule has 1 atom stereocenters. The minimum absolute atomic E-state index is 0.521. The van der Waals surface area contributed by atoms with E-state index in [2.05, 4.69) is 61.1 Å². The first-order valence-corrected chi connectivity index (χ1v) is 12.7. The molecule has 1 fully saturated rings. The molecule has 2 aromatic heterocycles. The van der Waals surface area contributed by atoms with Crippen molar-refractivity contribution >= 4 is 28.7 Å². The zero-order valence-electron chi connectivity index (χ0n) is 19.2. The van der Waals surface area contributed by atoms with E-state index in [0.29, 0.717) is 5.95 Å². The summed E-state index contributed by atoms with van der Waals surface area (Å²) in [6.07, 6.45) is 12.2. The van der Waals surface area contributed by atoms with Crippen molar-refractivity contribution in [3.8, 4) is 11.1 Å². The number of rotatable bonds is 8. The van der Waals surface area contributed by atoms with E-state index in [1.54, 1.807) is 12.4 Å². The van der Waals surface area contributed by atoms with Crippen LogP contribution in [-0.2, 0) is 17.4 Å². The van der Waals surface area contributed by atoms with Crippen molar-refractivity contribution in [3.05, 3.63) is 90.5 Å². The summed E-state index contributed by atoms with van der Waals surface area (Å²) in [5.41, 5.74) is 5.25. The second-order valence-corrected chi connectivity index (χ2v) is 9.69. The van der Waals surface area contributed by atoms with Gasteiger partial charge in [-0.25, -0.2) is 18.5 Å². The molecule has 1 aliphatic rings. The highest BCUT2D eigenvalue weighted by molar-refractivity contribution is 7.82. The highest BCUT2D eigenvalue weighted by atomic mass is 32.2. The van der Waals surface area contributed by atoms with Gasteiger partial charge in [-0.3, -0.25) is 5.10 Å². The molecule has 0 bridgehead atoms. The van der Waals surface area contributed by atoms with Crippen LogP contribution < -0.4 is 10.6 Å². The van der Waals surface area contributed by atoms with Gasteiger partial charge in [0.15, 0.2) is 0 Å². The lowest BCUT2D eigenvalue weighted by atomic mass is 10.1. The Labute approximate surface area is 207 Å². The van der Waals surface area contributed by atoms with Gasteiger partial charge in [0.05, 0.1) is 11.1 Å². The van der Waals surface area contributed by atoms with E-state index in [1.165, 1.54) is 5.56 Å². The minimum atomic E-state index is -1.13. The summed E-state index contributed by atoms with van der Waals surface area (Å²) in [7, 11) is -1.13. The van der Waals surface area contributed by atoms with Crippen molar-refractivity contribution in [2.75, 3.05) is 31.5 Å². The van der Waals surface area contributed by atoms with Gasteiger partial charge < -0.3 is 10.6 Å². The number of H-pyrrole nitrogens is 1. The Bertz CT molecular complexity index is 1270. The Morgan fingerprint density at radius 2 is 1.69 bits per heavy atom. The molecule has 0 aliphatic carbocycles. The van der Waals surface area contributed by atoms with Gasteiger partial charge >= 0.3 is 0 Å². The molecule has 3 heterocycles. The van der Waals surface area contributed by atoms with Crippen molar-refractivity contribution in [2.45, 2.75) is 11.3 Å². The molecular weight excluding hydrogens is 458 g/mol. The summed E-state index contributed by atoms with van der Waals surface area (Å²) < 4.78 is 14.7. The molecule has 35 heavy (non-hydrogen) atoms. The molecule has 0 radical (unpaired) electrons. The smallest absolute Gasteiger partial charge is 0.227 e. The minimum Gasteiger partial charge on any atom is -0.324 e. The first-order valence-electron chi connectivity index (χ1n) is 11.6. The third-order valence-electron chi connectivity index (χ3n) is 5.74. The standard InChI is InChI=1S/C26H27N7OS/c34-35(33-14-12-27-13-15-33)25-10-8-24(9-11-25)32-26-28-16-21(17-29-26)3-1-2-20-4-6-22(7-5-20)23-18-30-31-19-23/h1,3-11,16-19,27H,2,12-15H2,(H,30,31)(H,28,29,32)/b3-1+. The zero-order chi connectivity index (χ0) is 23.9. The number of aromatic amines is 1. The number of hydrogen-bond donors (Lipinski definition) is 3. The Balaban J connectivity index is 1.13. The highest BCUT2D eigenvalue weighted by Gasteiger charge is 2.17. The monoisotopic (exact) mass is 485 g/mol. The number of allylic oxidation sites excluding steroid dienone is 1. The normalized spacial score (nSPS) is 15.3. The van der Waals surface area contributed by atoms with E-state index in [9.17, 15) is 4.21 Å². The number of aromatic nitrogens is 4. The maximum atomic E-state index is 12.7. The maximum absolute atomic E-state index is 12.7. The number of nitrogens with one attached hydrogen (secondary N) is 3. The van der Waals surface area contributed by atoms with Crippen LogP contribution in [0.3, 0.4) is 0 Å². The van der Waals surface area contributed by atoms with Crippen LogP contribution >= 0.6 is 0 Å². The number of anilines is 2. The van der Waals surface area contributed by atoms with Crippen LogP contribution in [0.4, 0.5) is 11.6 Å². The lowest BCUT2D eigenvalue weighted by molar-refractivity contribution is 0.380. The van der Waals surface area contributed by atoms with Crippen LogP contribution in [-0.4, -0.2) is 54.9 Å². The third kappa shape index (κ3) is 6.07. The molecule has 3 N–H and O–H groups in total. The number of hydrogen-bond acceptors (Lipinski definition) is 6. The van der Waals surface area contributed by atoms with E-state index in [4.69, 9.17) is 0 Å². The fraction of sp³-hybridized carbons (Fsp3) is 0.192. The van der Waals surface area contributed by atoms with Gasteiger partial charge in [0, 0.05) is 61.6 Å². The summed E-state index contributed by atoms with van der Waals surface area (Å²) >= 11 is 0. The van der Waals surface area contributed by atoms with Gasteiger partial charge in [-0.15, -0.1) is 0 Å². The Morgan fingerprint density at radius 3 is 2.37 bits per heavy atom. The van der Waals surface area contributed by atoms with Gasteiger partial charge in [-0.2, -0.15) is 5.10 Å². The molecule has 8 nitrogen and oxygen atoms in total. The second-order valence-electron chi connectivity index (χ2n) is 8.21. The van der Waals surface area contributed by atoms with Gasteiger partial charge in [0.2, 0.25) is 5.95 Å². The average Bonchev–Trinajstić information content (AvgIpc) is 3.46. The summed E-state index contributed by atoms with van der Waals surface area (Å²) in [6.45, 7) is 3.32. The van der Waals surface area contributed by atoms with Crippen molar-refractivity contribution in [2.24, 2.45) is 0 Å². The Kier molecular flexibility index (Phi) is 7.38. The highest BCUT2D eigenvalue weighted by Crippen LogP contribution is 2.19. The second kappa shape index (κ2) is 11.2. The summed E-state index contributed by atoms with van der Waals surface area (Å²) in [6, 6.07) is 16.1. The fourth-order valence-corrected chi connectivity index (χ4v) is 4.99. The quantitative estimate of drug-likeness (QED) is 0.351. The summed E-state index contributed by atoms with van der Waals surface area (Å²) in [4.78, 5) is 9.63. The molecular formula is C26H27N7OS. The van der Waals surface area contributed by atoms with Crippen LogP contribution in [0.2, 0.25) is 0 Å². The molecule has 0 amide bonds. The van der Waals surface area contributed by atoms with Gasteiger partial charge in [0.25, 0.3) is 0 Å². The maximum Gasteiger partial charge on any atom is 0.227 e. The third-order valence-corrected chi connectivity index (χ3v) is 7.25. The number of benzene rings is 2. The van der Waals surface area contributed by atoms with E-state index in [0.717, 1.165) is 59.9 Å². The average molecular weight is 486 g/mol. The van der Waals surface area contributed by atoms with Crippen LogP contribution in [0.5, 0.6) is 0 Å². The Morgan fingerprint density at radius 1 is 0.943 bits per heavy atom. The van der Waals surface area contributed by atoms with E-state index in [-0.39, 0.29) is 0 Å². The molecule has 1 saturated heterocycles. The van der Waals surface area contributed by atoms with Crippen LogP contribution in [0, 0.1) is 0 Å². The molecule has 1 aliphatic heterocycles. The van der Waals surface area contributed by atoms with E-state index < -0.39 is 11.0 Å². The molecule has 5 rings (SSSR count). The lowest BCUT2D eigenvalue weighted by Gasteiger charge is -2.25. The molecule has 9 heteroatoms. The van der Waals surface area contributed by atoms with Crippen molar-refractivity contribution in [1.82, 2.24) is 29.8 Å². The molecule has 0 spiro atoms. The number of piperazine rings is 1. The topological polar surface area (TPSA) is 98.8 Å². The molecule has 1 unspecified atom stereocenters. The number of nitrogens with zero attached hydrogens (tertiary/aromatic N) is 4. The molecule has 0 saturated carbocycles. The van der Waals surface area contributed by atoms with Crippen molar-refractivity contribution in [1.29, 1.82) is 0 Å². The Hall–Kier alpha value is -3.66. The first-order chi connectivity index (χ1) is 17.2. The van der Waals surface area contributed by atoms with Crippen molar-refractivity contribution < 1.29 is 4.21 Å². The molecule has 4 aromatic rings. The van der Waals surface area contributed by atoms with Crippen molar-refractivity contribution in [3.63, 3.8) is 0 Å². The predicted molar refractivity (Wildman–Crippen MR) is 139 cm³/mol. The fourth-order valence-electron chi connectivity index (χ4n) is 3.80. The molecule has 2 aromatic carbocycles. The first kappa shape index (κ1) is 23.1. The van der Waals surface area contributed by atoms with E-state index >= 15 is 0 Å². The van der Waals surface area contributed by atoms with Crippen LogP contribution in [0.15, 0.2) is 84.3 Å². The van der Waals surface area contributed by atoms with Crippen LogP contribution in [0.1, 0.15) is 11.1 Å². The van der Waals surface area contributed by atoms with E-state index in [1.807, 2.05) is 47.0 Å². The zero-order valence-corrected chi connectivity index (χ0v) is 20.0. The van der Waals surface area contributed by atoms with Gasteiger partial charge in [-0.05, 0) is 41.8 Å². The largest absolute Gasteiger partial charge is 0.324 e.